The molecule has 1 aromatic heterocycles. The van der Waals surface area contributed by atoms with Crippen LogP contribution in [-0.4, -0.2) is 34.0 Å². The number of fused-ring (bicyclic) bond motifs is 1. The first-order valence-corrected chi connectivity index (χ1v) is 14.4. The van der Waals surface area contributed by atoms with Crippen molar-refractivity contribution in [3.8, 4) is 0 Å². The van der Waals surface area contributed by atoms with Gasteiger partial charge in [-0.05, 0) is 45.8 Å². The Morgan fingerprint density at radius 1 is 0.875 bits per heavy atom. The molecule has 8 heteroatoms. The molecule has 0 fully saturated rings. The van der Waals surface area contributed by atoms with E-state index in [1.807, 2.05) is 97.2 Å². The number of amides is 3. The number of benzene rings is 3. The van der Waals surface area contributed by atoms with Gasteiger partial charge in [-0.3, -0.25) is 9.59 Å². The molecule has 1 heterocycles. The highest BCUT2D eigenvalue weighted by atomic mass is 32.1. The van der Waals surface area contributed by atoms with Gasteiger partial charge < -0.3 is 20.6 Å². The Morgan fingerprint density at radius 3 is 2.33 bits per heavy atom. The fourth-order valence-electron chi connectivity index (χ4n) is 4.70. The van der Waals surface area contributed by atoms with Crippen LogP contribution in [0.4, 0.5) is 4.79 Å². The number of aliphatic carboxylic acids is 1. The van der Waals surface area contributed by atoms with Crippen LogP contribution < -0.4 is 10.6 Å². The minimum absolute atomic E-state index is 0.165. The number of carboxylic acids is 1. The van der Waals surface area contributed by atoms with Crippen molar-refractivity contribution in [2.45, 2.75) is 57.8 Å². The number of urea groups is 1. The fraction of sp³-hybridized carbons (Fsp3) is 0.281. The van der Waals surface area contributed by atoms with Gasteiger partial charge >= 0.3 is 12.0 Å². The zero-order valence-corrected chi connectivity index (χ0v) is 23.4. The summed E-state index contributed by atoms with van der Waals surface area (Å²) in [5, 5.41) is 19.2. The topological polar surface area (TPSA) is 98.7 Å². The van der Waals surface area contributed by atoms with Gasteiger partial charge in [0.25, 0.3) is 0 Å². The standard InChI is InChI=1S/C32H35N3O4S/c1-2-3-15-28(31(38)35(22-27-14-9-18-40-27)21-23-10-5-4-6-11-23)33-32(39)34-29(20-30(36)37)26-17-16-24-12-7-8-13-25(24)19-26/h4-14,16-19,28-29H,2-3,15,20-22H2,1H3,(H,36,37)(H2,33,34,39)/t28-,29?/m0/s1. The molecule has 0 spiro atoms. The zero-order chi connectivity index (χ0) is 28.3. The first kappa shape index (κ1) is 28.8. The molecule has 7 nitrogen and oxygen atoms in total. The highest BCUT2D eigenvalue weighted by Crippen LogP contribution is 2.23. The summed E-state index contributed by atoms with van der Waals surface area (Å²) in [5.41, 5.74) is 1.69. The van der Waals surface area contributed by atoms with Crippen LogP contribution in [0.2, 0.25) is 0 Å². The van der Waals surface area contributed by atoms with Gasteiger partial charge in [0, 0.05) is 11.4 Å². The van der Waals surface area contributed by atoms with Crippen molar-refractivity contribution in [2.75, 3.05) is 0 Å². The molecule has 4 rings (SSSR count). The van der Waals surface area contributed by atoms with E-state index >= 15 is 0 Å². The fourth-order valence-corrected chi connectivity index (χ4v) is 5.42. The highest BCUT2D eigenvalue weighted by molar-refractivity contribution is 7.09. The largest absolute Gasteiger partial charge is 0.481 e. The second-order valence-corrected chi connectivity index (χ2v) is 10.9. The number of unbranched alkanes of at least 4 members (excludes halogenated alkanes) is 1. The number of carboxylic acid groups (broad SMARTS) is 1. The molecule has 0 saturated carbocycles. The molecule has 3 N–H and O–H groups in total. The number of carbonyl (C=O) groups is 3. The summed E-state index contributed by atoms with van der Waals surface area (Å²) >= 11 is 1.59. The third-order valence-electron chi connectivity index (χ3n) is 6.76. The van der Waals surface area contributed by atoms with Crippen molar-refractivity contribution in [1.29, 1.82) is 0 Å². The lowest BCUT2D eigenvalue weighted by Crippen LogP contribution is -2.51. The van der Waals surface area contributed by atoms with Crippen molar-refractivity contribution in [1.82, 2.24) is 15.5 Å². The zero-order valence-electron chi connectivity index (χ0n) is 22.6. The molecule has 1 unspecified atom stereocenters. The molecule has 3 aromatic carbocycles. The number of nitrogens with zero attached hydrogens (tertiary/aromatic N) is 1. The Balaban J connectivity index is 1.53. The van der Waals surface area contributed by atoms with Gasteiger partial charge in [-0.2, -0.15) is 0 Å². The molecule has 0 radical (unpaired) electrons. The maximum atomic E-state index is 13.9. The molecule has 208 valence electrons. The van der Waals surface area contributed by atoms with Gasteiger partial charge in [0.1, 0.15) is 6.04 Å². The molecular weight excluding hydrogens is 522 g/mol. The van der Waals surface area contributed by atoms with Crippen molar-refractivity contribution in [2.24, 2.45) is 0 Å². The molecule has 0 aliphatic rings. The normalized spacial score (nSPS) is 12.4. The third kappa shape index (κ3) is 8.16. The average molecular weight is 558 g/mol. The van der Waals surface area contributed by atoms with Gasteiger partial charge in [-0.15, -0.1) is 11.3 Å². The van der Waals surface area contributed by atoms with Crippen molar-refractivity contribution >= 4 is 40.0 Å². The second-order valence-electron chi connectivity index (χ2n) is 9.83. The Hall–Kier alpha value is -4.17. The van der Waals surface area contributed by atoms with Crippen LogP contribution >= 0.6 is 11.3 Å². The van der Waals surface area contributed by atoms with E-state index in [4.69, 9.17) is 0 Å². The van der Waals surface area contributed by atoms with Gasteiger partial charge in [0.05, 0.1) is 19.0 Å². The Bertz CT molecular complexity index is 1410. The lowest BCUT2D eigenvalue weighted by Gasteiger charge is -2.28. The third-order valence-corrected chi connectivity index (χ3v) is 7.63. The number of carbonyl (C=O) groups excluding carboxylic acids is 2. The maximum Gasteiger partial charge on any atom is 0.315 e. The molecule has 4 aromatic rings. The van der Waals surface area contributed by atoms with Crippen LogP contribution in [0.3, 0.4) is 0 Å². The molecule has 0 bridgehead atoms. The first-order valence-electron chi connectivity index (χ1n) is 13.6. The van der Waals surface area contributed by atoms with E-state index in [-0.39, 0.29) is 12.3 Å². The molecular formula is C32H35N3O4S. The minimum Gasteiger partial charge on any atom is -0.481 e. The van der Waals surface area contributed by atoms with Crippen molar-refractivity contribution in [3.63, 3.8) is 0 Å². The monoisotopic (exact) mass is 557 g/mol. The van der Waals surface area contributed by atoms with E-state index in [9.17, 15) is 19.5 Å². The summed E-state index contributed by atoms with van der Waals surface area (Å²) in [6, 6.07) is 25.1. The summed E-state index contributed by atoms with van der Waals surface area (Å²) in [5.74, 6) is -1.19. The first-order chi connectivity index (χ1) is 19.4. The lowest BCUT2D eigenvalue weighted by molar-refractivity contribution is -0.137. The van der Waals surface area contributed by atoms with Crippen LogP contribution in [0.25, 0.3) is 10.8 Å². The smallest absolute Gasteiger partial charge is 0.315 e. The van der Waals surface area contributed by atoms with E-state index in [1.165, 1.54) is 0 Å². The predicted molar refractivity (Wildman–Crippen MR) is 159 cm³/mol. The Labute approximate surface area is 238 Å². The van der Waals surface area contributed by atoms with Gasteiger partial charge in [0.2, 0.25) is 5.91 Å². The van der Waals surface area contributed by atoms with E-state index < -0.39 is 24.1 Å². The number of rotatable bonds is 13. The highest BCUT2D eigenvalue weighted by Gasteiger charge is 2.28. The van der Waals surface area contributed by atoms with Crippen LogP contribution in [0.5, 0.6) is 0 Å². The summed E-state index contributed by atoms with van der Waals surface area (Å²) in [7, 11) is 0. The lowest BCUT2D eigenvalue weighted by atomic mass is 10.00. The van der Waals surface area contributed by atoms with Crippen LogP contribution in [0.15, 0.2) is 90.3 Å². The van der Waals surface area contributed by atoms with Crippen molar-refractivity contribution < 1.29 is 19.5 Å². The Kier molecular flexibility index (Phi) is 10.3. The molecule has 0 aliphatic carbocycles. The summed E-state index contributed by atoms with van der Waals surface area (Å²) in [6.45, 7) is 2.90. The van der Waals surface area contributed by atoms with E-state index in [0.717, 1.165) is 34.1 Å². The summed E-state index contributed by atoms with van der Waals surface area (Å²) < 4.78 is 0. The minimum atomic E-state index is -1.03. The molecule has 2 atom stereocenters. The van der Waals surface area contributed by atoms with Crippen LogP contribution in [0, 0.1) is 0 Å². The molecule has 3 amide bonds. The second kappa shape index (κ2) is 14.3. The quantitative estimate of drug-likeness (QED) is 0.175. The number of hydrogen-bond donors (Lipinski definition) is 3. The molecule has 40 heavy (non-hydrogen) atoms. The number of nitrogens with one attached hydrogen (secondary N) is 2. The molecule has 0 saturated heterocycles. The number of hydrogen-bond acceptors (Lipinski definition) is 4. The van der Waals surface area contributed by atoms with E-state index in [2.05, 4.69) is 10.6 Å². The van der Waals surface area contributed by atoms with E-state index in [1.54, 1.807) is 16.2 Å². The summed E-state index contributed by atoms with van der Waals surface area (Å²) in [4.78, 5) is 41.7. The average Bonchev–Trinajstić information content (AvgIpc) is 3.47. The van der Waals surface area contributed by atoms with Gasteiger partial charge in [-0.25, -0.2) is 4.79 Å². The predicted octanol–water partition coefficient (Wildman–Crippen LogP) is 6.50. The Morgan fingerprint density at radius 2 is 1.62 bits per heavy atom. The number of thiophene rings is 1. The van der Waals surface area contributed by atoms with Gasteiger partial charge in [-0.1, -0.05) is 92.6 Å². The SMILES string of the molecule is CCCC[C@H](NC(=O)NC(CC(=O)O)c1ccc2ccccc2c1)C(=O)N(Cc1ccccc1)Cc1cccs1. The van der Waals surface area contributed by atoms with E-state index in [0.29, 0.717) is 25.1 Å². The van der Waals surface area contributed by atoms with Gasteiger partial charge in [0.15, 0.2) is 0 Å². The maximum absolute atomic E-state index is 13.9. The van der Waals surface area contributed by atoms with Crippen LogP contribution in [-0.2, 0) is 22.7 Å². The van der Waals surface area contributed by atoms with Crippen LogP contribution in [0.1, 0.15) is 54.7 Å². The van der Waals surface area contributed by atoms with Crippen molar-refractivity contribution in [3.05, 3.63) is 106 Å². The summed E-state index contributed by atoms with van der Waals surface area (Å²) in [6.07, 6.45) is 1.84. The molecule has 0 aliphatic heterocycles.